The zero-order valence-corrected chi connectivity index (χ0v) is 7.92. The Hall–Kier alpha value is -0.340. The minimum Gasteiger partial charge on any atom is -0.271 e. The summed E-state index contributed by atoms with van der Waals surface area (Å²) in [5.41, 5.74) is 2.83. The Kier molecular flexibility index (Phi) is 3.76. The topological polar surface area (TPSA) is 38.0 Å². The van der Waals surface area contributed by atoms with Gasteiger partial charge in [-0.05, 0) is 18.3 Å². The molecule has 1 fully saturated rings. The Bertz CT molecular complexity index is 145. The van der Waals surface area contributed by atoms with E-state index in [0.29, 0.717) is 12.0 Å². The van der Waals surface area contributed by atoms with Crippen molar-refractivity contribution in [1.29, 1.82) is 0 Å². The molecule has 12 heavy (non-hydrogen) atoms. The summed E-state index contributed by atoms with van der Waals surface area (Å²) in [5.74, 6) is 6.94. The maximum Gasteiger partial charge on any atom is 0.0418 e. The van der Waals surface area contributed by atoms with E-state index < -0.39 is 0 Å². The summed E-state index contributed by atoms with van der Waals surface area (Å²) in [7, 11) is 0. The van der Waals surface area contributed by atoms with Gasteiger partial charge < -0.3 is 0 Å². The van der Waals surface area contributed by atoms with Crippen molar-refractivity contribution in [2.45, 2.75) is 38.6 Å². The van der Waals surface area contributed by atoms with Gasteiger partial charge in [-0.15, -0.1) is 6.58 Å². The first-order chi connectivity index (χ1) is 5.79. The van der Waals surface area contributed by atoms with Crippen LogP contribution in [-0.2, 0) is 0 Å². The van der Waals surface area contributed by atoms with Gasteiger partial charge in [-0.1, -0.05) is 32.3 Å². The Morgan fingerprint density at radius 3 is 2.67 bits per heavy atom. The van der Waals surface area contributed by atoms with Crippen molar-refractivity contribution in [1.82, 2.24) is 5.43 Å². The molecule has 0 spiro atoms. The van der Waals surface area contributed by atoms with Crippen LogP contribution in [-0.4, -0.2) is 6.04 Å². The predicted octanol–water partition coefficient (Wildman–Crippen LogP) is 1.83. The van der Waals surface area contributed by atoms with Crippen molar-refractivity contribution in [2.75, 3.05) is 0 Å². The summed E-state index contributed by atoms with van der Waals surface area (Å²) in [6.07, 6.45) is 7.30. The largest absolute Gasteiger partial charge is 0.271 e. The van der Waals surface area contributed by atoms with E-state index in [9.17, 15) is 0 Å². The molecule has 1 saturated carbocycles. The first kappa shape index (κ1) is 9.75. The van der Waals surface area contributed by atoms with E-state index in [4.69, 9.17) is 5.84 Å². The van der Waals surface area contributed by atoms with E-state index in [1.807, 2.05) is 6.08 Å². The van der Waals surface area contributed by atoms with Gasteiger partial charge in [0.15, 0.2) is 0 Å². The SMILES string of the molecule is C=CC(NN)C1CCCCC1C. The molecule has 2 heteroatoms. The van der Waals surface area contributed by atoms with Gasteiger partial charge in [-0.25, -0.2) is 0 Å². The lowest BCUT2D eigenvalue weighted by Gasteiger charge is -2.33. The van der Waals surface area contributed by atoms with Gasteiger partial charge in [-0.3, -0.25) is 11.3 Å². The lowest BCUT2D eigenvalue weighted by Crippen LogP contribution is -2.42. The Balaban J connectivity index is 2.51. The lowest BCUT2D eigenvalue weighted by atomic mass is 9.76. The van der Waals surface area contributed by atoms with Gasteiger partial charge in [-0.2, -0.15) is 0 Å². The number of hydrogen-bond acceptors (Lipinski definition) is 2. The van der Waals surface area contributed by atoms with Crippen molar-refractivity contribution in [3.8, 4) is 0 Å². The molecule has 70 valence electrons. The van der Waals surface area contributed by atoms with E-state index in [0.717, 1.165) is 5.92 Å². The van der Waals surface area contributed by atoms with E-state index in [2.05, 4.69) is 18.9 Å². The fourth-order valence-corrected chi connectivity index (χ4v) is 2.24. The third-order valence-corrected chi connectivity index (χ3v) is 3.09. The molecule has 1 rings (SSSR count). The minimum atomic E-state index is 0.306. The molecule has 3 unspecified atom stereocenters. The van der Waals surface area contributed by atoms with Crippen LogP contribution in [0.3, 0.4) is 0 Å². The van der Waals surface area contributed by atoms with Gasteiger partial charge in [0.1, 0.15) is 0 Å². The van der Waals surface area contributed by atoms with Crippen LogP contribution in [0, 0.1) is 11.8 Å². The van der Waals surface area contributed by atoms with Crippen molar-refractivity contribution in [3.05, 3.63) is 12.7 Å². The Labute approximate surface area is 75.2 Å². The monoisotopic (exact) mass is 168 g/mol. The molecule has 3 atom stereocenters. The second-order valence-electron chi connectivity index (χ2n) is 3.85. The maximum atomic E-state index is 5.46. The smallest absolute Gasteiger partial charge is 0.0418 e. The second-order valence-corrected chi connectivity index (χ2v) is 3.85. The number of nitrogens with one attached hydrogen (secondary N) is 1. The summed E-state index contributed by atoms with van der Waals surface area (Å²) in [5, 5.41) is 0. The zero-order valence-electron chi connectivity index (χ0n) is 7.92. The third-order valence-electron chi connectivity index (χ3n) is 3.09. The van der Waals surface area contributed by atoms with Crippen molar-refractivity contribution >= 4 is 0 Å². The molecular weight excluding hydrogens is 148 g/mol. The average molecular weight is 168 g/mol. The number of hydrazine groups is 1. The fraction of sp³-hybridized carbons (Fsp3) is 0.800. The zero-order chi connectivity index (χ0) is 8.97. The molecule has 0 aromatic rings. The lowest BCUT2D eigenvalue weighted by molar-refractivity contribution is 0.218. The Morgan fingerprint density at radius 1 is 1.50 bits per heavy atom. The predicted molar refractivity (Wildman–Crippen MR) is 52.4 cm³/mol. The minimum absolute atomic E-state index is 0.306. The summed E-state index contributed by atoms with van der Waals surface area (Å²) in [4.78, 5) is 0. The summed E-state index contributed by atoms with van der Waals surface area (Å²) in [6, 6.07) is 0.306. The van der Waals surface area contributed by atoms with Crippen molar-refractivity contribution < 1.29 is 0 Å². The molecule has 0 bridgehead atoms. The average Bonchev–Trinajstić information content (AvgIpc) is 2.10. The summed E-state index contributed by atoms with van der Waals surface area (Å²) in [6.45, 7) is 6.12. The first-order valence-electron chi connectivity index (χ1n) is 4.88. The second kappa shape index (κ2) is 4.63. The van der Waals surface area contributed by atoms with E-state index in [1.165, 1.54) is 25.7 Å². The highest BCUT2D eigenvalue weighted by Crippen LogP contribution is 2.31. The number of hydrogen-bond donors (Lipinski definition) is 2. The molecule has 3 N–H and O–H groups in total. The fourth-order valence-electron chi connectivity index (χ4n) is 2.24. The molecule has 1 aliphatic carbocycles. The highest BCUT2D eigenvalue weighted by atomic mass is 15.2. The van der Waals surface area contributed by atoms with Crippen LogP contribution in [0.2, 0.25) is 0 Å². The molecule has 0 heterocycles. The molecule has 0 radical (unpaired) electrons. The molecule has 0 aliphatic heterocycles. The number of rotatable bonds is 3. The summed E-state index contributed by atoms with van der Waals surface area (Å²) < 4.78 is 0. The van der Waals surface area contributed by atoms with Gasteiger partial charge >= 0.3 is 0 Å². The third kappa shape index (κ3) is 2.08. The van der Waals surface area contributed by atoms with Crippen molar-refractivity contribution in [2.24, 2.45) is 17.7 Å². The van der Waals surface area contributed by atoms with Crippen LogP contribution in [0.25, 0.3) is 0 Å². The Morgan fingerprint density at radius 2 is 2.17 bits per heavy atom. The molecule has 0 aromatic carbocycles. The maximum absolute atomic E-state index is 5.46. The molecule has 0 saturated heterocycles. The van der Waals surface area contributed by atoms with Crippen molar-refractivity contribution in [3.63, 3.8) is 0 Å². The van der Waals surface area contributed by atoms with Crippen LogP contribution in [0.15, 0.2) is 12.7 Å². The quantitative estimate of drug-likeness (QED) is 0.383. The van der Waals surface area contributed by atoms with E-state index >= 15 is 0 Å². The summed E-state index contributed by atoms with van der Waals surface area (Å²) >= 11 is 0. The molecule has 1 aliphatic rings. The molecule has 2 nitrogen and oxygen atoms in total. The first-order valence-corrected chi connectivity index (χ1v) is 4.88. The number of nitrogens with two attached hydrogens (primary N) is 1. The van der Waals surface area contributed by atoms with Crippen LogP contribution < -0.4 is 11.3 Å². The van der Waals surface area contributed by atoms with E-state index in [1.54, 1.807) is 0 Å². The molecule has 0 aromatic heterocycles. The van der Waals surface area contributed by atoms with Gasteiger partial charge in [0.2, 0.25) is 0 Å². The van der Waals surface area contributed by atoms with Crippen LogP contribution in [0.1, 0.15) is 32.6 Å². The van der Waals surface area contributed by atoms with Crippen LogP contribution in [0.4, 0.5) is 0 Å². The van der Waals surface area contributed by atoms with Crippen LogP contribution in [0.5, 0.6) is 0 Å². The van der Waals surface area contributed by atoms with E-state index in [-0.39, 0.29) is 0 Å². The highest BCUT2D eigenvalue weighted by Gasteiger charge is 2.26. The van der Waals surface area contributed by atoms with Gasteiger partial charge in [0.05, 0.1) is 0 Å². The molecule has 0 amide bonds. The van der Waals surface area contributed by atoms with Gasteiger partial charge in [0, 0.05) is 6.04 Å². The normalized spacial score (nSPS) is 32.8. The van der Waals surface area contributed by atoms with Crippen LogP contribution >= 0.6 is 0 Å². The standard InChI is InChI=1S/C10H20N2/c1-3-10(12-11)9-7-5-4-6-8(9)2/h3,8-10,12H,1,4-7,11H2,2H3. The van der Waals surface area contributed by atoms with Gasteiger partial charge in [0.25, 0.3) is 0 Å². The molecular formula is C10H20N2. The highest BCUT2D eigenvalue weighted by molar-refractivity contribution is 4.92.